The van der Waals surface area contributed by atoms with Gasteiger partial charge in [0.25, 0.3) is 5.56 Å². The first-order valence-electron chi connectivity index (χ1n) is 16.8. The monoisotopic (exact) mass is 749 g/mol. The van der Waals surface area contributed by atoms with Crippen LogP contribution in [0.4, 0.5) is 24.7 Å². The second-order valence-corrected chi connectivity index (χ2v) is 14.3. The molecule has 5 heterocycles. The first-order chi connectivity index (χ1) is 24.9. The quantitative estimate of drug-likeness (QED) is 0.184. The lowest BCUT2D eigenvalue weighted by Crippen LogP contribution is -2.44. The molecule has 2 atom stereocenters. The number of likely N-dealkylation sites (tertiary alicyclic amines) is 1. The number of nitrogens with zero attached hydrogens (tertiary/aromatic N) is 5. The molecule has 10 nitrogen and oxygen atoms in total. The lowest BCUT2D eigenvalue weighted by molar-refractivity contribution is -0.141. The van der Waals surface area contributed by atoms with Gasteiger partial charge in [0.15, 0.2) is 0 Å². The van der Waals surface area contributed by atoms with Crippen molar-refractivity contribution in [2.45, 2.75) is 49.9 Å². The van der Waals surface area contributed by atoms with Crippen LogP contribution in [0.3, 0.4) is 0 Å². The molecule has 1 aliphatic carbocycles. The summed E-state index contributed by atoms with van der Waals surface area (Å²) in [5.41, 5.74) is 2.77. The number of pyridine rings is 2. The van der Waals surface area contributed by atoms with Crippen LogP contribution in [0.25, 0.3) is 33.2 Å². The highest BCUT2D eigenvalue weighted by Gasteiger charge is 2.46. The highest BCUT2D eigenvalue weighted by molar-refractivity contribution is 6.39. The SMILES string of the molecule is COc1nc(-c2cccc(-c3cccc(Nc4nc(C(F)(F)F)cc5cnn(C)c(=O)c45)c3Cl)c2Cl)cc2c1C(N1CCC3(CCC(=O)N3)C1)CC2. The fourth-order valence-electron chi connectivity index (χ4n) is 7.88. The van der Waals surface area contributed by atoms with Crippen molar-refractivity contribution in [2.75, 3.05) is 25.5 Å². The van der Waals surface area contributed by atoms with E-state index in [4.69, 9.17) is 32.9 Å². The maximum Gasteiger partial charge on any atom is 0.433 e. The molecule has 8 rings (SSSR count). The molecule has 3 aromatic heterocycles. The molecule has 1 spiro atoms. The number of carbonyl (C=O) groups excluding carboxylic acids is 1. The summed E-state index contributed by atoms with van der Waals surface area (Å²) in [5, 5.41) is 10.4. The van der Waals surface area contributed by atoms with Gasteiger partial charge < -0.3 is 15.4 Å². The van der Waals surface area contributed by atoms with Crippen LogP contribution in [0.15, 0.2) is 59.5 Å². The van der Waals surface area contributed by atoms with Crippen molar-refractivity contribution in [3.63, 3.8) is 0 Å². The molecule has 2 fully saturated rings. The predicted molar refractivity (Wildman–Crippen MR) is 192 cm³/mol. The summed E-state index contributed by atoms with van der Waals surface area (Å²) in [4.78, 5) is 36.2. The molecule has 5 aromatic rings. The number of anilines is 2. The molecule has 268 valence electrons. The third-order valence-electron chi connectivity index (χ3n) is 10.4. The van der Waals surface area contributed by atoms with E-state index in [9.17, 15) is 22.8 Å². The van der Waals surface area contributed by atoms with Gasteiger partial charge in [-0.3, -0.25) is 14.5 Å². The van der Waals surface area contributed by atoms with Gasteiger partial charge in [0, 0.05) is 60.2 Å². The van der Waals surface area contributed by atoms with E-state index in [0.717, 1.165) is 60.6 Å². The first kappa shape index (κ1) is 34.4. The van der Waals surface area contributed by atoms with Crippen molar-refractivity contribution in [1.82, 2.24) is 30.0 Å². The van der Waals surface area contributed by atoms with Crippen LogP contribution in [0.1, 0.15) is 48.5 Å². The highest BCUT2D eigenvalue weighted by Crippen LogP contribution is 2.47. The maximum atomic E-state index is 13.8. The van der Waals surface area contributed by atoms with E-state index in [1.807, 2.05) is 18.2 Å². The van der Waals surface area contributed by atoms with Crippen LogP contribution < -0.4 is 20.9 Å². The van der Waals surface area contributed by atoms with Crippen LogP contribution >= 0.6 is 23.2 Å². The van der Waals surface area contributed by atoms with E-state index >= 15 is 0 Å². The number of carbonyl (C=O) groups is 1. The molecule has 1 amide bonds. The van der Waals surface area contributed by atoms with Gasteiger partial charge in [-0.1, -0.05) is 53.5 Å². The minimum atomic E-state index is -4.77. The van der Waals surface area contributed by atoms with Gasteiger partial charge in [0.1, 0.15) is 11.5 Å². The number of alkyl halides is 3. The summed E-state index contributed by atoms with van der Waals surface area (Å²) < 4.78 is 48.4. The Kier molecular flexibility index (Phi) is 8.42. The molecule has 2 aromatic carbocycles. The summed E-state index contributed by atoms with van der Waals surface area (Å²) in [6.45, 7) is 1.68. The zero-order valence-electron chi connectivity index (χ0n) is 28.1. The van der Waals surface area contributed by atoms with Gasteiger partial charge in [-0.05, 0) is 49.4 Å². The number of amides is 1. The summed E-state index contributed by atoms with van der Waals surface area (Å²) in [5.74, 6) is 0.336. The van der Waals surface area contributed by atoms with E-state index in [1.54, 1.807) is 31.4 Å². The first-order valence-corrected chi connectivity index (χ1v) is 17.5. The summed E-state index contributed by atoms with van der Waals surface area (Å²) in [7, 11) is 3.01. The normalized spacial score (nSPS) is 20.1. The van der Waals surface area contributed by atoms with Crippen LogP contribution in [0, 0.1) is 0 Å². The smallest absolute Gasteiger partial charge is 0.433 e. The molecular formula is C37H32Cl2F3N7O3. The molecule has 2 aliphatic heterocycles. The van der Waals surface area contributed by atoms with Crippen LogP contribution in [-0.4, -0.2) is 56.3 Å². The molecule has 2 N–H and O–H groups in total. The number of methoxy groups -OCH3 is 1. The van der Waals surface area contributed by atoms with Crippen molar-refractivity contribution in [2.24, 2.45) is 7.05 Å². The van der Waals surface area contributed by atoms with Crippen LogP contribution in [0.5, 0.6) is 5.88 Å². The third kappa shape index (κ3) is 5.84. The Hall–Kier alpha value is -4.72. The van der Waals surface area contributed by atoms with Gasteiger partial charge in [-0.15, -0.1) is 0 Å². The molecule has 15 heteroatoms. The van der Waals surface area contributed by atoms with Crippen molar-refractivity contribution < 1.29 is 22.7 Å². The minimum absolute atomic E-state index is 0.0220. The molecule has 0 saturated carbocycles. The number of nitrogens with one attached hydrogen (secondary N) is 2. The van der Waals surface area contributed by atoms with Crippen molar-refractivity contribution in [3.8, 4) is 28.3 Å². The summed E-state index contributed by atoms with van der Waals surface area (Å²) in [6.07, 6.45) is 0.486. The van der Waals surface area contributed by atoms with Gasteiger partial charge >= 0.3 is 6.18 Å². The van der Waals surface area contributed by atoms with E-state index in [1.165, 1.54) is 13.2 Å². The molecule has 2 unspecified atom stereocenters. The van der Waals surface area contributed by atoms with Gasteiger partial charge in [-0.2, -0.15) is 18.3 Å². The number of halogens is 5. The Bertz CT molecular complexity index is 2350. The third-order valence-corrected chi connectivity index (χ3v) is 11.2. The van der Waals surface area contributed by atoms with Gasteiger partial charge in [0.05, 0.1) is 45.7 Å². The van der Waals surface area contributed by atoms with Crippen LogP contribution in [-0.2, 0) is 24.4 Å². The molecule has 52 heavy (non-hydrogen) atoms. The standard InChI is InChI=1S/C37H32Cl2F3N7O3/c1-48-35(51)30-20(17-43-48)16-27(37(40,41)42)46-33(30)44-24-8-4-6-22(32(24)39)21-5-3-7-23(31(21)38)25-15-19-9-10-26(29(19)34(45-25)52-2)49-14-13-36(18-49)12-11-28(50)47-36/h3-8,15-17,26H,9-14,18H2,1-2H3,(H,44,46)(H,47,50). The summed E-state index contributed by atoms with van der Waals surface area (Å²) >= 11 is 14.1. The van der Waals surface area contributed by atoms with Gasteiger partial charge in [0.2, 0.25) is 11.8 Å². The number of rotatable bonds is 6. The van der Waals surface area contributed by atoms with E-state index in [0.29, 0.717) is 39.7 Å². The second kappa shape index (κ2) is 12.7. The molecule has 0 bridgehead atoms. The average Bonchev–Trinajstić information content (AvgIpc) is 3.84. The van der Waals surface area contributed by atoms with Crippen molar-refractivity contribution in [1.29, 1.82) is 0 Å². The fraction of sp³-hybridized carbons (Fsp3) is 0.324. The zero-order valence-corrected chi connectivity index (χ0v) is 29.6. The molecule has 3 aliphatic rings. The Morgan fingerprint density at radius 1 is 1.00 bits per heavy atom. The van der Waals surface area contributed by atoms with Crippen LogP contribution in [0.2, 0.25) is 10.0 Å². The second-order valence-electron chi connectivity index (χ2n) is 13.5. The maximum absolute atomic E-state index is 13.8. The largest absolute Gasteiger partial charge is 0.481 e. The number of aryl methyl sites for hydroxylation is 2. The van der Waals surface area contributed by atoms with E-state index < -0.39 is 17.4 Å². The predicted octanol–water partition coefficient (Wildman–Crippen LogP) is 7.48. The lowest BCUT2D eigenvalue weighted by Gasteiger charge is -2.28. The number of aromatic nitrogens is 4. The number of fused-ring (bicyclic) bond motifs is 2. The average molecular weight is 751 g/mol. The zero-order chi connectivity index (χ0) is 36.5. The summed E-state index contributed by atoms with van der Waals surface area (Å²) in [6, 6.07) is 13.4. The Morgan fingerprint density at radius 2 is 1.75 bits per heavy atom. The molecule has 2 saturated heterocycles. The number of hydrogen-bond donors (Lipinski definition) is 2. The molecule has 0 radical (unpaired) electrons. The minimum Gasteiger partial charge on any atom is -0.481 e. The number of hydrogen-bond acceptors (Lipinski definition) is 8. The Labute approximate surface area is 305 Å². The highest BCUT2D eigenvalue weighted by atomic mass is 35.5. The Balaban J connectivity index is 1.14. The van der Waals surface area contributed by atoms with Crippen molar-refractivity contribution in [3.05, 3.63) is 91.9 Å². The number of ether oxygens (including phenoxy) is 1. The lowest BCUT2D eigenvalue weighted by atomic mass is 9.97. The van der Waals surface area contributed by atoms with Gasteiger partial charge in [-0.25, -0.2) is 14.6 Å². The Morgan fingerprint density at radius 3 is 2.48 bits per heavy atom. The van der Waals surface area contributed by atoms with E-state index in [2.05, 4.69) is 25.6 Å². The molecular weight excluding hydrogens is 718 g/mol. The van der Waals surface area contributed by atoms with Crippen molar-refractivity contribution >= 4 is 51.4 Å². The number of benzene rings is 2. The topological polar surface area (TPSA) is 114 Å². The van der Waals surface area contributed by atoms with E-state index in [-0.39, 0.29) is 44.8 Å². The fourth-order valence-corrected chi connectivity index (χ4v) is 8.48.